The van der Waals surface area contributed by atoms with E-state index >= 15 is 0 Å². The van der Waals surface area contributed by atoms with Gasteiger partial charge in [-0.1, -0.05) is 42.5 Å². The van der Waals surface area contributed by atoms with Gasteiger partial charge in [0.25, 0.3) is 0 Å². The van der Waals surface area contributed by atoms with Crippen LogP contribution in [0.15, 0.2) is 60.2 Å². The molecule has 0 N–H and O–H groups in total. The number of rotatable bonds is 4. The molecule has 2 aromatic carbocycles. The van der Waals surface area contributed by atoms with Crippen LogP contribution in [0.3, 0.4) is 0 Å². The predicted molar refractivity (Wildman–Crippen MR) is 105 cm³/mol. The summed E-state index contributed by atoms with van der Waals surface area (Å²) in [5.74, 6) is 1.11. The lowest BCUT2D eigenvalue weighted by Gasteiger charge is -2.30. The van der Waals surface area contributed by atoms with E-state index in [0.717, 1.165) is 23.3 Å². The number of hydrogen-bond donors (Lipinski definition) is 0. The molecule has 0 fully saturated rings. The Hall–Kier alpha value is -2.75. The minimum absolute atomic E-state index is 0.114. The maximum Gasteiger partial charge on any atom is 0.338 e. The highest BCUT2D eigenvalue weighted by atomic mass is 16.6. The third kappa shape index (κ3) is 4.70. The van der Waals surface area contributed by atoms with Crippen molar-refractivity contribution in [3.63, 3.8) is 0 Å². The highest BCUT2D eigenvalue weighted by Gasteiger charge is 2.31. The number of hydrogen-bond acceptors (Lipinski definition) is 4. The lowest BCUT2D eigenvalue weighted by Crippen LogP contribution is -2.27. The molecule has 1 aliphatic rings. The van der Waals surface area contributed by atoms with Crippen molar-refractivity contribution < 1.29 is 19.0 Å². The molecule has 27 heavy (non-hydrogen) atoms. The topological polar surface area (TPSA) is 44.8 Å². The van der Waals surface area contributed by atoms with Crippen LogP contribution in [-0.4, -0.2) is 18.7 Å². The van der Waals surface area contributed by atoms with E-state index in [4.69, 9.17) is 14.2 Å². The molecular formula is C23H26O4. The first-order valence-corrected chi connectivity index (χ1v) is 9.20. The zero-order chi connectivity index (χ0) is 19.4. The van der Waals surface area contributed by atoms with E-state index < -0.39 is 5.60 Å². The predicted octanol–water partition coefficient (Wildman–Crippen LogP) is 5.30. The number of ether oxygens (including phenoxy) is 3. The SMILES string of the molecule is COc1ccc(C2CCC(C(=O)OC(C)(C)C)=C(c3ccccc3)O2)cc1. The average Bonchev–Trinajstić information content (AvgIpc) is 2.67. The van der Waals surface area contributed by atoms with Gasteiger partial charge < -0.3 is 14.2 Å². The van der Waals surface area contributed by atoms with E-state index in [-0.39, 0.29) is 12.1 Å². The number of carbonyl (C=O) groups excluding carboxylic acids is 1. The molecule has 1 heterocycles. The van der Waals surface area contributed by atoms with E-state index in [1.165, 1.54) is 0 Å². The number of esters is 1. The standard InChI is InChI=1S/C23H26O4/c1-23(2,3)27-22(24)19-14-15-20(16-10-12-18(25-4)13-11-16)26-21(19)17-8-6-5-7-9-17/h5-13,20H,14-15H2,1-4H3. The van der Waals surface area contributed by atoms with Crippen LogP contribution in [0.5, 0.6) is 5.75 Å². The molecule has 4 nitrogen and oxygen atoms in total. The van der Waals surface area contributed by atoms with Crippen LogP contribution >= 0.6 is 0 Å². The molecule has 0 radical (unpaired) electrons. The first-order chi connectivity index (χ1) is 12.9. The monoisotopic (exact) mass is 366 g/mol. The summed E-state index contributed by atoms with van der Waals surface area (Å²) >= 11 is 0. The van der Waals surface area contributed by atoms with Gasteiger partial charge in [-0.05, 0) is 51.3 Å². The third-order valence-corrected chi connectivity index (χ3v) is 4.36. The quantitative estimate of drug-likeness (QED) is 0.689. The molecule has 1 unspecified atom stereocenters. The molecule has 2 aromatic rings. The maximum atomic E-state index is 12.7. The van der Waals surface area contributed by atoms with E-state index in [9.17, 15) is 4.79 Å². The maximum absolute atomic E-state index is 12.7. The Kier molecular flexibility index (Phi) is 5.54. The molecule has 4 heteroatoms. The molecule has 142 valence electrons. The van der Waals surface area contributed by atoms with Crippen LogP contribution in [0.4, 0.5) is 0 Å². The van der Waals surface area contributed by atoms with Crippen molar-refractivity contribution >= 4 is 11.7 Å². The van der Waals surface area contributed by atoms with Crippen LogP contribution < -0.4 is 4.74 Å². The average molecular weight is 366 g/mol. The second-order valence-electron chi connectivity index (χ2n) is 7.59. The van der Waals surface area contributed by atoms with Crippen LogP contribution in [0.1, 0.15) is 50.8 Å². The molecule has 0 saturated carbocycles. The Morgan fingerprint density at radius 2 is 1.70 bits per heavy atom. The summed E-state index contributed by atoms with van der Waals surface area (Å²) in [6, 6.07) is 17.6. The summed E-state index contributed by atoms with van der Waals surface area (Å²) in [6.07, 6.45) is 1.21. The van der Waals surface area contributed by atoms with Crippen molar-refractivity contribution in [2.24, 2.45) is 0 Å². The highest BCUT2D eigenvalue weighted by Crippen LogP contribution is 2.39. The Morgan fingerprint density at radius 1 is 1.04 bits per heavy atom. The zero-order valence-electron chi connectivity index (χ0n) is 16.3. The van der Waals surface area contributed by atoms with Gasteiger partial charge in [0, 0.05) is 5.56 Å². The first-order valence-electron chi connectivity index (χ1n) is 9.20. The Morgan fingerprint density at radius 3 is 2.30 bits per heavy atom. The third-order valence-electron chi connectivity index (χ3n) is 4.36. The molecule has 0 bridgehead atoms. The van der Waals surface area contributed by atoms with Crippen LogP contribution in [0, 0.1) is 0 Å². The fourth-order valence-electron chi connectivity index (χ4n) is 3.08. The number of benzene rings is 2. The summed E-state index contributed by atoms with van der Waals surface area (Å²) in [6.45, 7) is 5.62. The van der Waals surface area contributed by atoms with Gasteiger partial charge in [0.1, 0.15) is 23.2 Å². The van der Waals surface area contributed by atoms with Gasteiger partial charge in [-0.3, -0.25) is 0 Å². The second-order valence-corrected chi connectivity index (χ2v) is 7.59. The van der Waals surface area contributed by atoms with Crippen molar-refractivity contribution in [1.29, 1.82) is 0 Å². The van der Waals surface area contributed by atoms with E-state index in [2.05, 4.69) is 0 Å². The van der Waals surface area contributed by atoms with Crippen LogP contribution in [-0.2, 0) is 14.3 Å². The summed E-state index contributed by atoms with van der Waals surface area (Å²) in [4.78, 5) is 12.7. The fourth-order valence-corrected chi connectivity index (χ4v) is 3.08. The Labute approximate surface area is 160 Å². The summed E-state index contributed by atoms with van der Waals surface area (Å²) in [5.41, 5.74) is 2.00. The normalized spacial score (nSPS) is 17.3. The fraction of sp³-hybridized carbons (Fsp3) is 0.348. The lowest BCUT2D eigenvalue weighted by atomic mass is 9.95. The van der Waals surface area contributed by atoms with E-state index in [1.807, 2.05) is 75.4 Å². The Bertz CT molecular complexity index is 814. The second kappa shape index (κ2) is 7.87. The number of carbonyl (C=O) groups is 1. The summed E-state index contributed by atoms with van der Waals surface area (Å²) < 4.78 is 17.2. The van der Waals surface area contributed by atoms with Crippen molar-refractivity contribution in [1.82, 2.24) is 0 Å². The van der Waals surface area contributed by atoms with Crippen molar-refractivity contribution in [2.75, 3.05) is 7.11 Å². The molecule has 0 saturated heterocycles. The van der Waals surface area contributed by atoms with Crippen LogP contribution in [0.25, 0.3) is 5.76 Å². The van der Waals surface area contributed by atoms with Gasteiger partial charge in [0.05, 0.1) is 12.7 Å². The molecule has 0 aliphatic carbocycles. The van der Waals surface area contributed by atoms with Gasteiger partial charge in [-0.15, -0.1) is 0 Å². The van der Waals surface area contributed by atoms with Crippen LogP contribution in [0.2, 0.25) is 0 Å². The first kappa shape index (κ1) is 19.0. The van der Waals surface area contributed by atoms with Gasteiger partial charge in [0.15, 0.2) is 0 Å². The summed E-state index contributed by atoms with van der Waals surface area (Å²) in [7, 11) is 1.65. The smallest absolute Gasteiger partial charge is 0.338 e. The van der Waals surface area contributed by atoms with Gasteiger partial charge >= 0.3 is 5.97 Å². The zero-order valence-corrected chi connectivity index (χ0v) is 16.3. The largest absolute Gasteiger partial charge is 0.497 e. The van der Waals surface area contributed by atoms with Crippen molar-refractivity contribution in [3.8, 4) is 5.75 Å². The molecule has 1 atom stereocenters. The van der Waals surface area contributed by atoms with Crippen molar-refractivity contribution in [2.45, 2.75) is 45.3 Å². The molecule has 3 rings (SSSR count). The summed E-state index contributed by atoms with van der Waals surface area (Å²) in [5, 5.41) is 0. The molecule has 0 amide bonds. The lowest BCUT2D eigenvalue weighted by molar-refractivity contribution is -0.150. The van der Waals surface area contributed by atoms with Gasteiger partial charge in [0.2, 0.25) is 0 Å². The van der Waals surface area contributed by atoms with Crippen molar-refractivity contribution in [3.05, 3.63) is 71.3 Å². The molecule has 1 aliphatic heterocycles. The number of methoxy groups -OCH3 is 1. The highest BCUT2D eigenvalue weighted by molar-refractivity contribution is 5.96. The molecule has 0 aromatic heterocycles. The Balaban J connectivity index is 1.93. The van der Waals surface area contributed by atoms with Gasteiger partial charge in [-0.25, -0.2) is 4.79 Å². The minimum atomic E-state index is -0.543. The minimum Gasteiger partial charge on any atom is -0.497 e. The van der Waals surface area contributed by atoms with Gasteiger partial charge in [-0.2, -0.15) is 0 Å². The van der Waals surface area contributed by atoms with E-state index in [1.54, 1.807) is 7.11 Å². The molecule has 0 spiro atoms. The van der Waals surface area contributed by atoms with E-state index in [0.29, 0.717) is 17.8 Å². The molecular weight excluding hydrogens is 340 g/mol.